The third-order valence-corrected chi connectivity index (χ3v) is 3.19. The molecule has 0 saturated carbocycles. The monoisotopic (exact) mass is 231 g/mol. The quantitative estimate of drug-likeness (QED) is 0.880. The van der Waals surface area contributed by atoms with Crippen molar-refractivity contribution in [1.82, 2.24) is 4.57 Å². The lowest BCUT2D eigenvalue weighted by Gasteiger charge is -2.05. The van der Waals surface area contributed by atoms with Crippen LogP contribution in [0.5, 0.6) is 0 Å². The van der Waals surface area contributed by atoms with Gasteiger partial charge in [0, 0.05) is 23.6 Å². The standard InChI is InChI=1S/C14H17NO2/c1-4-5-15-8-12(14(16)17)11-6-9(2)10(3)7-13(11)15/h6-8H,4-5H2,1-3H3,(H,16,17). The van der Waals surface area contributed by atoms with E-state index < -0.39 is 5.97 Å². The molecule has 1 N–H and O–H groups in total. The highest BCUT2D eigenvalue weighted by atomic mass is 16.4. The molecule has 0 amide bonds. The Morgan fingerprint density at radius 1 is 1.29 bits per heavy atom. The van der Waals surface area contributed by atoms with Crippen LogP contribution in [0.4, 0.5) is 0 Å². The maximum absolute atomic E-state index is 11.2. The lowest BCUT2D eigenvalue weighted by atomic mass is 10.1. The van der Waals surface area contributed by atoms with Crippen molar-refractivity contribution < 1.29 is 9.90 Å². The van der Waals surface area contributed by atoms with Gasteiger partial charge >= 0.3 is 5.97 Å². The molecule has 0 bridgehead atoms. The Morgan fingerprint density at radius 3 is 2.53 bits per heavy atom. The summed E-state index contributed by atoms with van der Waals surface area (Å²) in [5.41, 5.74) is 3.75. The predicted octanol–water partition coefficient (Wildman–Crippen LogP) is 3.37. The molecule has 0 radical (unpaired) electrons. The van der Waals surface area contributed by atoms with Gasteiger partial charge in [0.1, 0.15) is 0 Å². The molecule has 0 atom stereocenters. The van der Waals surface area contributed by atoms with Crippen LogP contribution in [0.15, 0.2) is 18.3 Å². The largest absolute Gasteiger partial charge is 0.478 e. The SMILES string of the molecule is CCCn1cc(C(=O)O)c2cc(C)c(C)cc21. The van der Waals surface area contributed by atoms with Crippen LogP contribution >= 0.6 is 0 Å². The minimum absolute atomic E-state index is 0.400. The van der Waals surface area contributed by atoms with Crippen molar-refractivity contribution in [2.75, 3.05) is 0 Å². The fourth-order valence-corrected chi connectivity index (χ4v) is 2.15. The number of hydrogen-bond acceptors (Lipinski definition) is 1. The lowest BCUT2D eigenvalue weighted by molar-refractivity contribution is 0.0699. The molecule has 0 aliphatic rings. The van der Waals surface area contributed by atoms with E-state index in [9.17, 15) is 9.90 Å². The summed E-state index contributed by atoms with van der Waals surface area (Å²) in [6.07, 6.45) is 2.74. The molecule has 0 fully saturated rings. The Labute approximate surface area is 101 Å². The molecule has 3 nitrogen and oxygen atoms in total. The van der Waals surface area contributed by atoms with E-state index in [0.717, 1.165) is 29.4 Å². The Bertz CT molecular complexity index is 581. The molecular formula is C14H17NO2. The van der Waals surface area contributed by atoms with Crippen LogP contribution in [-0.4, -0.2) is 15.6 Å². The normalized spacial score (nSPS) is 11.0. The number of carboxylic acids is 1. The van der Waals surface area contributed by atoms with Gasteiger partial charge in [0.25, 0.3) is 0 Å². The number of aromatic carboxylic acids is 1. The van der Waals surface area contributed by atoms with Crippen molar-refractivity contribution in [2.24, 2.45) is 0 Å². The van der Waals surface area contributed by atoms with Gasteiger partial charge in [-0.05, 0) is 43.5 Å². The predicted molar refractivity (Wildman–Crippen MR) is 68.7 cm³/mol. The molecular weight excluding hydrogens is 214 g/mol. The molecule has 3 heteroatoms. The van der Waals surface area contributed by atoms with Crippen LogP contribution in [0.25, 0.3) is 10.9 Å². The summed E-state index contributed by atoms with van der Waals surface area (Å²) in [4.78, 5) is 11.2. The number of carbonyl (C=O) groups is 1. The molecule has 17 heavy (non-hydrogen) atoms. The second-order valence-corrected chi connectivity index (χ2v) is 4.49. The average Bonchev–Trinajstić information content (AvgIpc) is 2.59. The zero-order valence-electron chi connectivity index (χ0n) is 10.4. The zero-order valence-corrected chi connectivity index (χ0v) is 10.4. The van der Waals surface area contributed by atoms with Gasteiger partial charge in [0.15, 0.2) is 0 Å². The fraction of sp³-hybridized carbons (Fsp3) is 0.357. The summed E-state index contributed by atoms with van der Waals surface area (Å²) in [6.45, 7) is 7.01. The van der Waals surface area contributed by atoms with Crippen LogP contribution in [0.2, 0.25) is 0 Å². The molecule has 0 unspecified atom stereocenters. The number of aryl methyl sites for hydroxylation is 3. The molecule has 90 valence electrons. The number of fused-ring (bicyclic) bond motifs is 1. The first kappa shape index (κ1) is 11.7. The first-order chi connectivity index (χ1) is 8.04. The van der Waals surface area contributed by atoms with Gasteiger partial charge < -0.3 is 9.67 Å². The van der Waals surface area contributed by atoms with Gasteiger partial charge in [-0.3, -0.25) is 0 Å². The molecule has 0 aliphatic carbocycles. The van der Waals surface area contributed by atoms with Gasteiger partial charge in [-0.15, -0.1) is 0 Å². The smallest absolute Gasteiger partial charge is 0.337 e. The minimum atomic E-state index is -0.854. The summed E-state index contributed by atoms with van der Waals surface area (Å²) < 4.78 is 2.03. The lowest BCUT2D eigenvalue weighted by Crippen LogP contribution is -1.96. The first-order valence-electron chi connectivity index (χ1n) is 5.88. The van der Waals surface area contributed by atoms with Crippen molar-refractivity contribution >= 4 is 16.9 Å². The Morgan fingerprint density at radius 2 is 1.94 bits per heavy atom. The van der Waals surface area contributed by atoms with Crippen molar-refractivity contribution in [2.45, 2.75) is 33.7 Å². The second-order valence-electron chi connectivity index (χ2n) is 4.49. The minimum Gasteiger partial charge on any atom is -0.478 e. The summed E-state index contributed by atoms with van der Waals surface area (Å²) in [5.74, 6) is -0.854. The third kappa shape index (κ3) is 1.93. The van der Waals surface area contributed by atoms with Crippen LogP contribution < -0.4 is 0 Å². The van der Waals surface area contributed by atoms with Crippen molar-refractivity contribution in [3.05, 3.63) is 35.0 Å². The summed E-state index contributed by atoms with van der Waals surface area (Å²) in [6, 6.07) is 4.05. The van der Waals surface area contributed by atoms with Gasteiger partial charge in [0.2, 0.25) is 0 Å². The van der Waals surface area contributed by atoms with E-state index in [0.29, 0.717) is 5.56 Å². The van der Waals surface area contributed by atoms with Crippen molar-refractivity contribution in [3.63, 3.8) is 0 Å². The zero-order chi connectivity index (χ0) is 12.6. The van der Waals surface area contributed by atoms with Crippen LogP contribution in [0.3, 0.4) is 0 Å². The molecule has 0 aliphatic heterocycles. The Hall–Kier alpha value is -1.77. The highest BCUT2D eigenvalue weighted by Crippen LogP contribution is 2.25. The second kappa shape index (κ2) is 4.24. The number of rotatable bonds is 3. The topological polar surface area (TPSA) is 42.2 Å². The highest BCUT2D eigenvalue weighted by Gasteiger charge is 2.14. The van der Waals surface area contributed by atoms with E-state index in [1.807, 2.05) is 17.6 Å². The van der Waals surface area contributed by atoms with E-state index in [1.165, 1.54) is 5.56 Å². The van der Waals surface area contributed by atoms with E-state index in [4.69, 9.17) is 0 Å². The third-order valence-electron chi connectivity index (χ3n) is 3.19. The van der Waals surface area contributed by atoms with Gasteiger partial charge in [-0.1, -0.05) is 6.92 Å². The van der Waals surface area contributed by atoms with E-state index in [1.54, 1.807) is 6.20 Å². The molecule has 1 aromatic heterocycles. The molecule has 2 rings (SSSR count). The first-order valence-corrected chi connectivity index (χ1v) is 5.88. The number of nitrogens with zero attached hydrogens (tertiary/aromatic N) is 1. The van der Waals surface area contributed by atoms with Crippen LogP contribution in [-0.2, 0) is 6.54 Å². The van der Waals surface area contributed by atoms with Crippen LogP contribution in [0.1, 0.15) is 34.8 Å². The van der Waals surface area contributed by atoms with E-state index in [-0.39, 0.29) is 0 Å². The van der Waals surface area contributed by atoms with Gasteiger partial charge in [-0.2, -0.15) is 0 Å². The number of carboxylic acid groups (broad SMARTS) is 1. The van der Waals surface area contributed by atoms with E-state index in [2.05, 4.69) is 19.9 Å². The van der Waals surface area contributed by atoms with E-state index >= 15 is 0 Å². The highest BCUT2D eigenvalue weighted by molar-refractivity contribution is 6.03. The Balaban J connectivity index is 2.76. The molecule has 1 heterocycles. The van der Waals surface area contributed by atoms with Crippen molar-refractivity contribution in [1.29, 1.82) is 0 Å². The fourth-order valence-electron chi connectivity index (χ4n) is 2.15. The maximum Gasteiger partial charge on any atom is 0.337 e. The summed E-state index contributed by atoms with van der Waals surface area (Å²) in [5, 5.41) is 10.1. The average molecular weight is 231 g/mol. The molecule has 2 aromatic rings. The number of hydrogen-bond donors (Lipinski definition) is 1. The number of benzene rings is 1. The maximum atomic E-state index is 11.2. The summed E-state index contributed by atoms with van der Waals surface area (Å²) >= 11 is 0. The molecule has 0 saturated heterocycles. The molecule has 0 spiro atoms. The summed E-state index contributed by atoms with van der Waals surface area (Å²) in [7, 11) is 0. The van der Waals surface area contributed by atoms with Crippen molar-refractivity contribution in [3.8, 4) is 0 Å². The van der Waals surface area contributed by atoms with Gasteiger partial charge in [0.05, 0.1) is 5.56 Å². The Kier molecular flexibility index (Phi) is 2.92. The molecule has 1 aromatic carbocycles. The van der Waals surface area contributed by atoms with Gasteiger partial charge in [-0.25, -0.2) is 4.79 Å². The van der Waals surface area contributed by atoms with Crippen LogP contribution in [0, 0.1) is 13.8 Å². The number of aromatic nitrogens is 1.